The molecule has 0 spiro atoms. The minimum atomic E-state index is -0.0285. The number of amides is 1. The number of aromatic nitrogens is 1. The Morgan fingerprint density at radius 2 is 1.94 bits per heavy atom. The summed E-state index contributed by atoms with van der Waals surface area (Å²) in [6, 6.07) is 13.1. The Hall–Kier alpha value is -2.16. The standard InChI is InChI=1S/C13H12N2O/c16-13(9-11-5-4-8-14-10-11)15-12-6-2-1-3-7-12/h1-8,10H,9H2,(H,15,16). The summed E-state index contributed by atoms with van der Waals surface area (Å²) in [7, 11) is 0. The minimum absolute atomic E-state index is 0.0285. The van der Waals surface area contributed by atoms with E-state index in [1.807, 2.05) is 42.5 Å². The van der Waals surface area contributed by atoms with Crippen molar-refractivity contribution in [2.75, 3.05) is 5.32 Å². The molecule has 80 valence electrons. The van der Waals surface area contributed by atoms with Crippen LogP contribution in [0.2, 0.25) is 0 Å². The van der Waals surface area contributed by atoms with Gasteiger partial charge in [0, 0.05) is 18.1 Å². The number of rotatable bonds is 3. The van der Waals surface area contributed by atoms with Crippen LogP contribution in [0.15, 0.2) is 54.9 Å². The SMILES string of the molecule is O=C(Cc1cccnc1)Nc1ccccc1. The van der Waals surface area contributed by atoms with Crippen molar-refractivity contribution >= 4 is 11.6 Å². The highest BCUT2D eigenvalue weighted by Gasteiger charge is 2.03. The van der Waals surface area contributed by atoms with E-state index >= 15 is 0 Å². The third-order valence-corrected chi connectivity index (χ3v) is 2.15. The Balaban J connectivity index is 1.95. The quantitative estimate of drug-likeness (QED) is 0.848. The number of hydrogen-bond acceptors (Lipinski definition) is 2. The third-order valence-electron chi connectivity index (χ3n) is 2.15. The number of hydrogen-bond donors (Lipinski definition) is 1. The molecule has 0 atom stereocenters. The molecular formula is C13H12N2O. The van der Waals surface area contributed by atoms with Gasteiger partial charge in [0.15, 0.2) is 0 Å². The number of nitrogens with one attached hydrogen (secondary N) is 1. The Morgan fingerprint density at radius 1 is 1.12 bits per heavy atom. The van der Waals surface area contributed by atoms with Crippen molar-refractivity contribution in [1.82, 2.24) is 4.98 Å². The molecule has 1 amide bonds. The zero-order valence-corrected chi connectivity index (χ0v) is 8.76. The summed E-state index contributed by atoms with van der Waals surface area (Å²) in [5.74, 6) is -0.0285. The van der Waals surface area contributed by atoms with Crippen molar-refractivity contribution in [3.8, 4) is 0 Å². The summed E-state index contributed by atoms with van der Waals surface area (Å²) in [5.41, 5.74) is 1.73. The number of nitrogens with zero attached hydrogens (tertiary/aromatic N) is 1. The van der Waals surface area contributed by atoms with Gasteiger partial charge >= 0.3 is 0 Å². The Bertz CT molecular complexity index is 410. The number of carbonyl (C=O) groups excluding carboxylic acids is 1. The minimum Gasteiger partial charge on any atom is -0.326 e. The van der Waals surface area contributed by atoms with Gasteiger partial charge in [0.05, 0.1) is 6.42 Å². The van der Waals surface area contributed by atoms with Crippen molar-refractivity contribution in [1.29, 1.82) is 0 Å². The van der Waals surface area contributed by atoms with Gasteiger partial charge in [-0.05, 0) is 23.8 Å². The summed E-state index contributed by atoms with van der Waals surface area (Å²) in [6.07, 6.45) is 3.74. The van der Waals surface area contributed by atoms with Crippen LogP contribution in [0.25, 0.3) is 0 Å². The summed E-state index contributed by atoms with van der Waals surface area (Å²) in [6.45, 7) is 0. The van der Waals surface area contributed by atoms with Crippen LogP contribution in [-0.4, -0.2) is 10.9 Å². The molecule has 0 unspecified atom stereocenters. The van der Waals surface area contributed by atoms with E-state index in [0.29, 0.717) is 6.42 Å². The van der Waals surface area contributed by atoms with E-state index in [2.05, 4.69) is 10.3 Å². The van der Waals surface area contributed by atoms with Crippen LogP contribution in [-0.2, 0) is 11.2 Å². The third kappa shape index (κ3) is 2.92. The molecule has 1 aromatic heterocycles. The van der Waals surface area contributed by atoms with Gasteiger partial charge in [-0.2, -0.15) is 0 Å². The molecule has 3 nitrogen and oxygen atoms in total. The fourth-order valence-electron chi connectivity index (χ4n) is 1.41. The van der Waals surface area contributed by atoms with Crippen LogP contribution in [0.4, 0.5) is 5.69 Å². The van der Waals surface area contributed by atoms with E-state index in [4.69, 9.17) is 0 Å². The Morgan fingerprint density at radius 3 is 2.62 bits per heavy atom. The molecule has 0 saturated heterocycles. The van der Waals surface area contributed by atoms with Crippen molar-refractivity contribution in [3.63, 3.8) is 0 Å². The average Bonchev–Trinajstić information content (AvgIpc) is 2.31. The first-order valence-electron chi connectivity index (χ1n) is 5.08. The predicted octanol–water partition coefficient (Wildman–Crippen LogP) is 2.26. The van der Waals surface area contributed by atoms with Gasteiger partial charge in [-0.1, -0.05) is 24.3 Å². The second-order valence-corrected chi connectivity index (χ2v) is 3.45. The second kappa shape index (κ2) is 5.07. The molecule has 1 heterocycles. The highest BCUT2D eigenvalue weighted by atomic mass is 16.1. The molecular weight excluding hydrogens is 200 g/mol. The lowest BCUT2D eigenvalue weighted by Crippen LogP contribution is -2.14. The first-order chi connectivity index (χ1) is 7.84. The monoisotopic (exact) mass is 212 g/mol. The zero-order valence-electron chi connectivity index (χ0n) is 8.76. The van der Waals surface area contributed by atoms with Crippen LogP contribution in [0.1, 0.15) is 5.56 Å². The van der Waals surface area contributed by atoms with Crippen LogP contribution in [0.5, 0.6) is 0 Å². The molecule has 2 rings (SSSR count). The van der Waals surface area contributed by atoms with Crippen LogP contribution in [0, 0.1) is 0 Å². The molecule has 0 aliphatic rings. The zero-order chi connectivity index (χ0) is 11.2. The van der Waals surface area contributed by atoms with E-state index in [-0.39, 0.29) is 5.91 Å². The van der Waals surface area contributed by atoms with Crippen molar-refractivity contribution < 1.29 is 4.79 Å². The number of benzene rings is 1. The number of carbonyl (C=O) groups is 1. The van der Waals surface area contributed by atoms with Gasteiger partial charge in [-0.15, -0.1) is 0 Å². The molecule has 0 aliphatic carbocycles. The summed E-state index contributed by atoms with van der Waals surface area (Å²) >= 11 is 0. The molecule has 0 bridgehead atoms. The van der Waals surface area contributed by atoms with E-state index in [1.165, 1.54) is 0 Å². The maximum Gasteiger partial charge on any atom is 0.228 e. The topological polar surface area (TPSA) is 42.0 Å². The molecule has 16 heavy (non-hydrogen) atoms. The van der Waals surface area contributed by atoms with Crippen molar-refractivity contribution in [3.05, 3.63) is 60.4 Å². The number of pyridine rings is 1. The lowest BCUT2D eigenvalue weighted by molar-refractivity contribution is -0.115. The van der Waals surface area contributed by atoms with Crippen LogP contribution in [0.3, 0.4) is 0 Å². The molecule has 2 aromatic rings. The van der Waals surface area contributed by atoms with Crippen LogP contribution >= 0.6 is 0 Å². The number of para-hydroxylation sites is 1. The highest BCUT2D eigenvalue weighted by Crippen LogP contribution is 2.06. The van der Waals surface area contributed by atoms with Gasteiger partial charge < -0.3 is 5.32 Å². The van der Waals surface area contributed by atoms with E-state index in [0.717, 1.165) is 11.3 Å². The molecule has 0 fully saturated rings. The lowest BCUT2D eigenvalue weighted by atomic mass is 10.2. The van der Waals surface area contributed by atoms with Crippen molar-refractivity contribution in [2.45, 2.75) is 6.42 Å². The first kappa shape index (κ1) is 10.4. The smallest absolute Gasteiger partial charge is 0.228 e. The fourth-order valence-corrected chi connectivity index (χ4v) is 1.41. The van der Waals surface area contributed by atoms with Gasteiger partial charge in [0.1, 0.15) is 0 Å². The lowest BCUT2D eigenvalue weighted by Gasteiger charge is -2.04. The Labute approximate surface area is 94.1 Å². The largest absolute Gasteiger partial charge is 0.326 e. The molecule has 0 radical (unpaired) electrons. The fraction of sp³-hybridized carbons (Fsp3) is 0.0769. The maximum absolute atomic E-state index is 11.6. The second-order valence-electron chi connectivity index (χ2n) is 3.45. The normalized spacial score (nSPS) is 9.75. The molecule has 3 heteroatoms. The summed E-state index contributed by atoms with van der Waals surface area (Å²) in [5, 5.41) is 2.82. The predicted molar refractivity (Wildman–Crippen MR) is 63.0 cm³/mol. The highest BCUT2D eigenvalue weighted by molar-refractivity contribution is 5.92. The van der Waals surface area contributed by atoms with E-state index in [1.54, 1.807) is 12.4 Å². The van der Waals surface area contributed by atoms with Crippen molar-refractivity contribution in [2.24, 2.45) is 0 Å². The van der Waals surface area contributed by atoms with E-state index in [9.17, 15) is 4.79 Å². The maximum atomic E-state index is 11.6. The van der Waals surface area contributed by atoms with Gasteiger partial charge in [-0.3, -0.25) is 9.78 Å². The van der Waals surface area contributed by atoms with Crippen LogP contribution < -0.4 is 5.32 Å². The van der Waals surface area contributed by atoms with Gasteiger partial charge in [0.2, 0.25) is 5.91 Å². The Kier molecular flexibility index (Phi) is 3.28. The number of anilines is 1. The van der Waals surface area contributed by atoms with E-state index < -0.39 is 0 Å². The summed E-state index contributed by atoms with van der Waals surface area (Å²) in [4.78, 5) is 15.6. The average molecular weight is 212 g/mol. The van der Waals surface area contributed by atoms with Gasteiger partial charge in [-0.25, -0.2) is 0 Å². The van der Waals surface area contributed by atoms with Gasteiger partial charge in [0.25, 0.3) is 0 Å². The molecule has 0 aliphatic heterocycles. The molecule has 0 saturated carbocycles. The molecule has 1 aromatic carbocycles. The summed E-state index contributed by atoms with van der Waals surface area (Å²) < 4.78 is 0. The first-order valence-corrected chi connectivity index (χ1v) is 5.08. The molecule has 1 N–H and O–H groups in total.